The zero-order valence-electron chi connectivity index (χ0n) is 14.7. The summed E-state index contributed by atoms with van der Waals surface area (Å²) >= 11 is 1.46. The molecule has 9 heteroatoms. The van der Waals surface area contributed by atoms with Crippen LogP contribution in [0.5, 0.6) is 11.5 Å². The van der Waals surface area contributed by atoms with Crippen LogP contribution in [0.1, 0.15) is 21.5 Å². The Labute approximate surface area is 160 Å². The number of methoxy groups -OCH3 is 1. The van der Waals surface area contributed by atoms with Gasteiger partial charge >= 0.3 is 0 Å². The van der Waals surface area contributed by atoms with E-state index >= 15 is 0 Å². The quantitative estimate of drug-likeness (QED) is 0.543. The fourth-order valence-electron chi connectivity index (χ4n) is 2.39. The van der Waals surface area contributed by atoms with Crippen molar-refractivity contribution in [2.45, 2.75) is 12.6 Å². The number of ether oxygens (including phenoxy) is 2. The molecule has 1 atom stereocenters. The van der Waals surface area contributed by atoms with Crippen LogP contribution in [-0.4, -0.2) is 46.3 Å². The number of hydrogen-bond acceptors (Lipinski definition) is 7. The molecule has 0 spiro atoms. The first-order chi connectivity index (χ1) is 13.2. The summed E-state index contributed by atoms with van der Waals surface area (Å²) in [5, 5.41) is 22.5. The number of aliphatic hydroxyl groups is 1. The molecular formula is C18H20N4O4S. The Morgan fingerprint density at radius 3 is 2.85 bits per heavy atom. The molecule has 0 radical (unpaired) electrons. The van der Waals surface area contributed by atoms with Crippen molar-refractivity contribution in [3.05, 3.63) is 58.5 Å². The lowest BCUT2D eigenvalue weighted by Crippen LogP contribution is -2.28. The molecule has 27 heavy (non-hydrogen) atoms. The number of nitrogens with one attached hydrogen (secondary N) is 1. The zero-order valence-corrected chi connectivity index (χ0v) is 15.6. The molecular weight excluding hydrogens is 368 g/mol. The molecule has 142 valence electrons. The van der Waals surface area contributed by atoms with Crippen molar-refractivity contribution in [3.8, 4) is 11.5 Å². The minimum absolute atomic E-state index is 0.186. The molecule has 0 fully saturated rings. The average molecular weight is 388 g/mol. The summed E-state index contributed by atoms with van der Waals surface area (Å²) in [6.07, 6.45) is 0.824. The van der Waals surface area contributed by atoms with Crippen molar-refractivity contribution in [2.24, 2.45) is 0 Å². The van der Waals surface area contributed by atoms with Crippen LogP contribution in [0.25, 0.3) is 0 Å². The number of benzene rings is 1. The Morgan fingerprint density at radius 1 is 1.30 bits per heavy atom. The van der Waals surface area contributed by atoms with E-state index in [0.717, 1.165) is 4.88 Å². The Kier molecular flexibility index (Phi) is 6.39. The summed E-state index contributed by atoms with van der Waals surface area (Å²) in [5.74, 6) is 0.898. The van der Waals surface area contributed by atoms with Crippen LogP contribution < -0.4 is 14.8 Å². The molecule has 0 bridgehead atoms. The highest BCUT2D eigenvalue weighted by Crippen LogP contribution is 2.25. The predicted molar refractivity (Wildman–Crippen MR) is 100 cm³/mol. The number of amides is 1. The van der Waals surface area contributed by atoms with Crippen LogP contribution in [0.3, 0.4) is 0 Å². The van der Waals surface area contributed by atoms with Gasteiger partial charge in [-0.1, -0.05) is 23.4 Å². The Balaban J connectivity index is 1.45. The molecule has 8 nitrogen and oxygen atoms in total. The van der Waals surface area contributed by atoms with Gasteiger partial charge < -0.3 is 19.9 Å². The van der Waals surface area contributed by atoms with Gasteiger partial charge in [0, 0.05) is 4.88 Å². The van der Waals surface area contributed by atoms with Crippen molar-refractivity contribution < 1.29 is 19.4 Å². The summed E-state index contributed by atoms with van der Waals surface area (Å²) in [4.78, 5) is 13.0. The number of hydrogen-bond donors (Lipinski definition) is 2. The topological polar surface area (TPSA) is 98.5 Å². The molecule has 0 aliphatic rings. The van der Waals surface area contributed by atoms with E-state index in [1.165, 1.54) is 22.2 Å². The number of para-hydroxylation sites is 2. The van der Waals surface area contributed by atoms with Gasteiger partial charge in [0.25, 0.3) is 5.91 Å². The maximum atomic E-state index is 12.1. The molecule has 0 unspecified atom stereocenters. The van der Waals surface area contributed by atoms with Gasteiger partial charge in [0.15, 0.2) is 17.2 Å². The Hall–Kier alpha value is -2.91. The van der Waals surface area contributed by atoms with Crippen LogP contribution in [0.4, 0.5) is 0 Å². The van der Waals surface area contributed by atoms with Crippen LogP contribution in [0.15, 0.2) is 48.0 Å². The predicted octanol–water partition coefficient (Wildman–Crippen LogP) is 1.89. The van der Waals surface area contributed by atoms with Gasteiger partial charge in [0.05, 0.1) is 26.4 Å². The van der Waals surface area contributed by atoms with E-state index in [1.807, 2.05) is 29.6 Å². The fraction of sp³-hybridized carbons (Fsp3) is 0.278. The smallest absolute Gasteiger partial charge is 0.273 e. The maximum absolute atomic E-state index is 12.1. The first-order valence-electron chi connectivity index (χ1n) is 8.33. The number of rotatable bonds is 9. The molecule has 0 aliphatic carbocycles. The fourth-order valence-corrected chi connectivity index (χ4v) is 3.10. The number of aliphatic hydroxyl groups excluding tert-OH is 1. The van der Waals surface area contributed by atoms with E-state index < -0.39 is 6.10 Å². The van der Waals surface area contributed by atoms with Gasteiger partial charge in [0.2, 0.25) is 0 Å². The molecule has 2 heterocycles. The Morgan fingerprint density at radius 2 is 2.11 bits per heavy atom. The van der Waals surface area contributed by atoms with Gasteiger partial charge in [-0.3, -0.25) is 4.79 Å². The zero-order chi connectivity index (χ0) is 19.1. The van der Waals surface area contributed by atoms with Crippen molar-refractivity contribution in [1.29, 1.82) is 0 Å². The number of thiophene rings is 1. The van der Waals surface area contributed by atoms with Crippen molar-refractivity contribution >= 4 is 17.2 Å². The summed E-state index contributed by atoms with van der Waals surface area (Å²) in [6.45, 7) is 0.830. The van der Waals surface area contributed by atoms with E-state index in [1.54, 1.807) is 19.2 Å². The van der Waals surface area contributed by atoms with Crippen LogP contribution >= 0.6 is 11.3 Å². The number of carbonyl (C=O) groups is 1. The SMILES string of the molecule is COc1ccccc1OCCNC(=O)c1cn(C[C@@H](O)c2cccs2)nn1. The van der Waals surface area contributed by atoms with E-state index in [-0.39, 0.29) is 24.8 Å². The monoisotopic (exact) mass is 388 g/mol. The normalized spacial score (nSPS) is 11.8. The van der Waals surface area contributed by atoms with Gasteiger partial charge in [-0.15, -0.1) is 16.4 Å². The first-order valence-corrected chi connectivity index (χ1v) is 9.21. The molecule has 3 rings (SSSR count). The second-order valence-corrected chi connectivity index (χ2v) is 6.59. The summed E-state index contributed by atoms with van der Waals surface area (Å²) < 4.78 is 12.3. The van der Waals surface area contributed by atoms with Crippen LogP contribution in [0.2, 0.25) is 0 Å². The van der Waals surface area contributed by atoms with Crippen LogP contribution in [0, 0.1) is 0 Å². The standard InChI is InChI=1S/C18H20N4O4S/c1-25-15-5-2-3-6-16(15)26-9-8-19-18(24)13-11-22(21-20-13)12-14(23)17-7-4-10-27-17/h2-7,10-11,14,23H,8-9,12H2,1H3,(H,19,24)/t14-/m1/s1. The van der Waals surface area contributed by atoms with E-state index in [4.69, 9.17) is 9.47 Å². The van der Waals surface area contributed by atoms with Gasteiger partial charge in [-0.05, 0) is 23.6 Å². The second-order valence-electron chi connectivity index (χ2n) is 5.61. The third-order valence-electron chi connectivity index (χ3n) is 3.72. The van der Waals surface area contributed by atoms with Crippen molar-refractivity contribution in [2.75, 3.05) is 20.3 Å². The van der Waals surface area contributed by atoms with Gasteiger partial charge in [0.1, 0.15) is 12.7 Å². The number of carbonyl (C=O) groups excluding carboxylic acids is 1. The molecule has 3 aromatic rings. The third kappa shape index (κ3) is 5.05. The van der Waals surface area contributed by atoms with Crippen molar-refractivity contribution in [3.63, 3.8) is 0 Å². The highest BCUT2D eigenvalue weighted by molar-refractivity contribution is 7.10. The lowest BCUT2D eigenvalue weighted by atomic mass is 10.3. The van der Waals surface area contributed by atoms with E-state index in [9.17, 15) is 9.90 Å². The Bertz CT molecular complexity index is 866. The summed E-state index contributed by atoms with van der Waals surface area (Å²) in [6, 6.07) is 11.0. The lowest BCUT2D eigenvalue weighted by Gasteiger charge is -2.10. The minimum atomic E-state index is -0.683. The first kappa shape index (κ1) is 18.9. The number of nitrogens with zero attached hydrogens (tertiary/aromatic N) is 3. The minimum Gasteiger partial charge on any atom is -0.493 e. The largest absolute Gasteiger partial charge is 0.493 e. The lowest BCUT2D eigenvalue weighted by molar-refractivity contribution is 0.0941. The molecule has 1 amide bonds. The second kappa shape index (κ2) is 9.15. The van der Waals surface area contributed by atoms with Crippen molar-refractivity contribution in [1.82, 2.24) is 20.3 Å². The molecule has 2 N–H and O–H groups in total. The van der Waals surface area contributed by atoms with E-state index in [2.05, 4.69) is 15.6 Å². The highest BCUT2D eigenvalue weighted by Gasteiger charge is 2.14. The number of aromatic nitrogens is 3. The van der Waals surface area contributed by atoms with Crippen LogP contribution in [-0.2, 0) is 6.54 Å². The van der Waals surface area contributed by atoms with Gasteiger partial charge in [-0.25, -0.2) is 4.68 Å². The van der Waals surface area contributed by atoms with Gasteiger partial charge in [-0.2, -0.15) is 0 Å². The summed E-state index contributed by atoms with van der Waals surface area (Å²) in [7, 11) is 1.57. The maximum Gasteiger partial charge on any atom is 0.273 e. The highest BCUT2D eigenvalue weighted by atomic mass is 32.1. The molecule has 1 aromatic carbocycles. The molecule has 2 aromatic heterocycles. The molecule has 0 aliphatic heterocycles. The summed E-state index contributed by atoms with van der Waals surface area (Å²) in [5.41, 5.74) is 0.186. The van der Waals surface area contributed by atoms with E-state index in [0.29, 0.717) is 18.0 Å². The molecule has 0 saturated heterocycles. The third-order valence-corrected chi connectivity index (χ3v) is 4.69. The average Bonchev–Trinajstić information content (AvgIpc) is 3.37. The molecule has 0 saturated carbocycles.